The van der Waals surface area contributed by atoms with Crippen LogP contribution in [0.5, 0.6) is 0 Å². The molecule has 0 radical (unpaired) electrons. The van der Waals surface area contributed by atoms with Gasteiger partial charge in [0.1, 0.15) is 73.2 Å². The van der Waals surface area contributed by atoms with Crippen molar-refractivity contribution in [3.63, 3.8) is 0 Å². The Hall–Kier alpha value is -0.680. The van der Waals surface area contributed by atoms with Gasteiger partial charge >= 0.3 is 0 Å². The highest BCUT2D eigenvalue weighted by atomic mass is 16.8. The second-order valence-corrected chi connectivity index (χ2v) is 11.8. The number of aliphatic hydroxyl groups excluding tert-OH is 10. The quantitative estimate of drug-likeness (QED) is 0.120. The number of rotatable bonds is 8. The predicted octanol–water partition coefficient (Wildman–Crippen LogP) is -5.35. The molecule has 4 aliphatic heterocycles. The van der Waals surface area contributed by atoms with E-state index in [-0.39, 0.29) is 0 Å². The Labute approximate surface area is 248 Å². The Kier molecular flexibility index (Phi) is 11.8. The van der Waals surface area contributed by atoms with E-state index in [1.54, 1.807) is 13.8 Å². The van der Waals surface area contributed by atoms with Gasteiger partial charge in [-0.2, -0.15) is 0 Å². The maximum absolute atomic E-state index is 11.0. The van der Waals surface area contributed by atoms with E-state index in [2.05, 4.69) is 0 Å². The van der Waals surface area contributed by atoms with Gasteiger partial charge in [0.05, 0.1) is 37.6 Å². The molecule has 252 valence electrons. The highest BCUT2D eigenvalue weighted by Crippen LogP contribution is 2.37. The fourth-order valence-electron chi connectivity index (χ4n) is 5.80. The smallest absolute Gasteiger partial charge is 0.187 e. The van der Waals surface area contributed by atoms with Crippen molar-refractivity contribution in [2.24, 2.45) is 5.92 Å². The molecule has 0 aromatic heterocycles. The second kappa shape index (κ2) is 14.4. The van der Waals surface area contributed by atoms with E-state index in [1.165, 1.54) is 13.8 Å². The summed E-state index contributed by atoms with van der Waals surface area (Å²) in [4.78, 5) is 0. The Balaban J connectivity index is 1.62. The second-order valence-electron chi connectivity index (χ2n) is 11.8. The van der Waals surface area contributed by atoms with E-state index in [9.17, 15) is 51.1 Å². The average molecular weight is 631 g/mol. The highest BCUT2D eigenvalue weighted by molar-refractivity contribution is 4.97. The molecule has 0 amide bonds. The first-order chi connectivity index (χ1) is 20.2. The van der Waals surface area contributed by atoms with Crippen molar-refractivity contribution in [1.29, 1.82) is 0 Å². The molecule has 4 fully saturated rings. The lowest BCUT2D eigenvalue weighted by molar-refractivity contribution is -0.387. The number of aliphatic hydroxyl groups is 10. The maximum atomic E-state index is 11.0. The van der Waals surface area contributed by atoms with Crippen LogP contribution in [-0.2, 0) is 33.2 Å². The molecule has 4 aliphatic rings. The lowest BCUT2D eigenvalue weighted by atomic mass is 9.88. The average Bonchev–Trinajstić information content (AvgIpc) is 2.98. The molecular formula is C26H46O17. The molecule has 0 spiro atoms. The van der Waals surface area contributed by atoms with E-state index >= 15 is 0 Å². The monoisotopic (exact) mass is 630 g/mol. The van der Waals surface area contributed by atoms with Gasteiger partial charge in [-0.15, -0.1) is 0 Å². The van der Waals surface area contributed by atoms with E-state index in [4.69, 9.17) is 33.2 Å². The van der Waals surface area contributed by atoms with E-state index in [1.807, 2.05) is 0 Å². The Morgan fingerprint density at radius 1 is 0.419 bits per heavy atom. The topological polar surface area (TPSA) is 267 Å². The summed E-state index contributed by atoms with van der Waals surface area (Å²) < 4.78 is 40.8. The van der Waals surface area contributed by atoms with Crippen LogP contribution in [-0.4, -0.2) is 181 Å². The summed E-state index contributed by atoms with van der Waals surface area (Å²) in [6.07, 6.45) is -26.4. The molecule has 0 aromatic carbocycles. The van der Waals surface area contributed by atoms with Gasteiger partial charge in [-0.05, 0) is 20.8 Å². The van der Waals surface area contributed by atoms with Gasteiger partial charge in [0.25, 0.3) is 0 Å². The van der Waals surface area contributed by atoms with Crippen molar-refractivity contribution in [3.05, 3.63) is 0 Å². The lowest BCUT2D eigenvalue weighted by Gasteiger charge is -2.50. The van der Waals surface area contributed by atoms with Crippen molar-refractivity contribution >= 4 is 0 Å². The van der Waals surface area contributed by atoms with Crippen LogP contribution >= 0.6 is 0 Å². The summed E-state index contributed by atoms with van der Waals surface area (Å²) >= 11 is 0. The Morgan fingerprint density at radius 2 is 0.884 bits per heavy atom. The fourth-order valence-corrected chi connectivity index (χ4v) is 5.80. The molecule has 17 heteroatoms. The molecule has 4 saturated heterocycles. The SMILES string of the molecule is CC1OC(CO)C(OC2OC(C)C(O)C(O)C2O)C(OC2OC(CO)C(O)C(O)C2OC2OC(C)C(O)C(O)C2O)C1C. The lowest BCUT2D eigenvalue weighted by Crippen LogP contribution is -2.66. The van der Waals surface area contributed by atoms with Crippen molar-refractivity contribution in [1.82, 2.24) is 0 Å². The minimum absolute atomic E-state index is 0.532. The van der Waals surface area contributed by atoms with E-state index < -0.39 is 136 Å². The van der Waals surface area contributed by atoms with E-state index in [0.29, 0.717) is 0 Å². The molecule has 4 rings (SSSR count). The van der Waals surface area contributed by atoms with Crippen LogP contribution in [0, 0.1) is 5.92 Å². The number of hydrogen-bond donors (Lipinski definition) is 10. The zero-order chi connectivity index (χ0) is 31.9. The van der Waals surface area contributed by atoms with Crippen molar-refractivity contribution in [2.45, 2.75) is 144 Å². The van der Waals surface area contributed by atoms with Crippen LogP contribution in [0.1, 0.15) is 27.7 Å². The normalized spacial score (nSPS) is 54.8. The molecule has 0 aromatic rings. The van der Waals surface area contributed by atoms with Crippen molar-refractivity contribution < 1.29 is 84.2 Å². The molecule has 20 atom stereocenters. The molecule has 10 N–H and O–H groups in total. The Bertz CT molecular complexity index is 885. The minimum atomic E-state index is -1.77. The fraction of sp³-hybridized carbons (Fsp3) is 1.00. The third kappa shape index (κ3) is 7.03. The van der Waals surface area contributed by atoms with Crippen LogP contribution in [0.3, 0.4) is 0 Å². The van der Waals surface area contributed by atoms with Crippen LogP contribution in [0.2, 0.25) is 0 Å². The maximum Gasteiger partial charge on any atom is 0.187 e. The van der Waals surface area contributed by atoms with Gasteiger partial charge < -0.3 is 84.2 Å². The zero-order valence-corrected chi connectivity index (χ0v) is 24.3. The van der Waals surface area contributed by atoms with Crippen molar-refractivity contribution in [3.8, 4) is 0 Å². The summed E-state index contributed by atoms with van der Waals surface area (Å²) in [7, 11) is 0. The van der Waals surface area contributed by atoms with Gasteiger partial charge in [0, 0.05) is 5.92 Å². The van der Waals surface area contributed by atoms with Gasteiger partial charge in [-0.1, -0.05) is 6.92 Å². The summed E-state index contributed by atoms with van der Waals surface area (Å²) in [6, 6.07) is 0. The molecule has 20 unspecified atom stereocenters. The van der Waals surface area contributed by atoms with Gasteiger partial charge in [0.2, 0.25) is 0 Å². The summed E-state index contributed by atoms with van der Waals surface area (Å²) in [5.41, 5.74) is 0. The summed E-state index contributed by atoms with van der Waals surface area (Å²) in [6.45, 7) is 5.02. The molecular weight excluding hydrogens is 584 g/mol. The van der Waals surface area contributed by atoms with E-state index in [0.717, 1.165) is 0 Å². The molecule has 17 nitrogen and oxygen atoms in total. The first-order valence-corrected chi connectivity index (χ1v) is 14.5. The van der Waals surface area contributed by atoms with Crippen LogP contribution in [0.15, 0.2) is 0 Å². The Morgan fingerprint density at radius 3 is 1.37 bits per heavy atom. The molecule has 0 bridgehead atoms. The largest absolute Gasteiger partial charge is 0.394 e. The van der Waals surface area contributed by atoms with Gasteiger partial charge in [-0.25, -0.2) is 0 Å². The summed E-state index contributed by atoms with van der Waals surface area (Å²) in [5, 5.41) is 103. The molecule has 0 aliphatic carbocycles. The highest BCUT2D eigenvalue weighted by Gasteiger charge is 2.54. The molecule has 43 heavy (non-hydrogen) atoms. The first-order valence-electron chi connectivity index (χ1n) is 14.5. The summed E-state index contributed by atoms with van der Waals surface area (Å²) in [5.74, 6) is -0.532. The molecule has 0 saturated carbocycles. The molecule has 4 heterocycles. The zero-order valence-electron chi connectivity index (χ0n) is 24.3. The third-order valence-corrected chi connectivity index (χ3v) is 8.83. The number of hydrogen-bond acceptors (Lipinski definition) is 17. The minimum Gasteiger partial charge on any atom is -0.394 e. The van der Waals surface area contributed by atoms with Gasteiger partial charge in [0.15, 0.2) is 18.9 Å². The number of ether oxygens (including phenoxy) is 7. The van der Waals surface area contributed by atoms with Crippen LogP contribution in [0.25, 0.3) is 0 Å². The van der Waals surface area contributed by atoms with Crippen LogP contribution < -0.4 is 0 Å². The third-order valence-electron chi connectivity index (χ3n) is 8.83. The van der Waals surface area contributed by atoms with Crippen LogP contribution in [0.4, 0.5) is 0 Å². The van der Waals surface area contributed by atoms with Crippen molar-refractivity contribution in [2.75, 3.05) is 13.2 Å². The first kappa shape index (κ1) is 35.2. The predicted molar refractivity (Wildman–Crippen MR) is 138 cm³/mol. The van der Waals surface area contributed by atoms with Gasteiger partial charge in [-0.3, -0.25) is 0 Å². The standard InChI is InChI=1S/C26H46O17/c1-7-8(2)37-12(6-28)22(42-24-19(35)16(32)13(29)9(3)38-24)21(7)41-26-23(18(34)15(31)11(5-27)40-26)43-25-20(36)17(33)14(30)10(4)39-25/h7-36H,5-6H2,1-4H3.